The molecule has 0 aromatic heterocycles. The highest BCUT2D eigenvalue weighted by Gasteiger charge is 2.40. The van der Waals surface area contributed by atoms with E-state index < -0.39 is 15.6 Å². The minimum atomic E-state index is -3.60. The number of rotatable bonds is 4. The predicted molar refractivity (Wildman–Crippen MR) is 85.9 cm³/mol. The van der Waals surface area contributed by atoms with Gasteiger partial charge in [0.2, 0.25) is 10.0 Å². The first-order chi connectivity index (χ1) is 9.81. The topological polar surface area (TPSA) is 72.2 Å². The van der Waals surface area contributed by atoms with Gasteiger partial charge in [0.15, 0.2) is 0 Å². The van der Waals surface area contributed by atoms with E-state index in [9.17, 15) is 8.42 Å². The molecule has 0 radical (unpaired) electrons. The Bertz CT molecular complexity index is 618. The van der Waals surface area contributed by atoms with E-state index in [1.165, 1.54) is 0 Å². The van der Waals surface area contributed by atoms with Crippen LogP contribution >= 0.6 is 11.6 Å². The van der Waals surface area contributed by atoms with Crippen LogP contribution in [0.4, 0.5) is 0 Å². The fraction of sp³-hybridized carbons (Fsp3) is 0.600. The lowest BCUT2D eigenvalue weighted by Gasteiger charge is -2.42. The Morgan fingerprint density at radius 3 is 2.71 bits per heavy atom. The van der Waals surface area contributed by atoms with Gasteiger partial charge in [-0.2, -0.15) is 0 Å². The second-order valence-corrected chi connectivity index (χ2v) is 8.11. The van der Waals surface area contributed by atoms with Gasteiger partial charge in [0, 0.05) is 17.1 Å². The number of nitrogens with one attached hydrogen (secondary N) is 1. The zero-order valence-corrected chi connectivity index (χ0v) is 14.1. The first kappa shape index (κ1) is 16.7. The molecule has 1 aromatic rings. The molecule has 0 bridgehead atoms. The molecular formula is C15H23ClN2O2S. The Morgan fingerprint density at radius 1 is 1.43 bits per heavy atom. The minimum absolute atomic E-state index is 0.235. The Hall–Kier alpha value is -0.620. The third-order valence-electron chi connectivity index (χ3n) is 4.58. The van der Waals surface area contributed by atoms with E-state index in [0.29, 0.717) is 17.1 Å². The second-order valence-electron chi connectivity index (χ2n) is 6.02. The summed E-state index contributed by atoms with van der Waals surface area (Å²) in [4.78, 5) is 0.275. The quantitative estimate of drug-likeness (QED) is 0.891. The number of aryl methyl sites for hydroxylation is 1. The van der Waals surface area contributed by atoms with Crippen LogP contribution in [0, 0.1) is 12.8 Å². The molecule has 0 spiro atoms. The van der Waals surface area contributed by atoms with E-state index in [0.717, 1.165) is 25.7 Å². The molecule has 2 unspecified atom stereocenters. The maximum absolute atomic E-state index is 12.7. The molecular weight excluding hydrogens is 308 g/mol. The van der Waals surface area contributed by atoms with Crippen LogP contribution in [0.15, 0.2) is 23.1 Å². The van der Waals surface area contributed by atoms with Gasteiger partial charge >= 0.3 is 0 Å². The summed E-state index contributed by atoms with van der Waals surface area (Å²) in [6.07, 6.45) is 3.92. The molecule has 3 N–H and O–H groups in total. The normalized spacial score (nSPS) is 26.8. The number of benzene rings is 1. The number of nitrogens with two attached hydrogens (primary N) is 1. The predicted octanol–water partition coefficient (Wildman–Crippen LogP) is 2.83. The van der Waals surface area contributed by atoms with E-state index >= 15 is 0 Å². The van der Waals surface area contributed by atoms with Crippen LogP contribution in [0.25, 0.3) is 0 Å². The number of halogens is 1. The summed E-state index contributed by atoms with van der Waals surface area (Å²) in [5.74, 6) is 0.235. The first-order valence-electron chi connectivity index (χ1n) is 7.31. The lowest BCUT2D eigenvalue weighted by molar-refractivity contribution is 0.191. The van der Waals surface area contributed by atoms with Crippen LogP contribution in [0.5, 0.6) is 0 Å². The van der Waals surface area contributed by atoms with Crippen LogP contribution < -0.4 is 10.5 Å². The molecule has 0 amide bonds. The zero-order chi connectivity index (χ0) is 15.7. The van der Waals surface area contributed by atoms with Gasteiger partial charge in [-0.25, -0.2) is 13.1 Å². The first-order valence-corrected chi connectivity index (χ1v) is 9.17. The summed E-state index contributed by atoms with van der Waals surface area (Å²) in [5.41, 5.74) is 6.03. The molecule has 118 valence electrons. The standard InChI is InChI=1S/C15H23ClN2O2S/c1-11-9-13(16)6-7-14(11)21(19,20)18-15(10-17)8-4-3-5-12(15)2/h6-7,9,12,18H,3-5,8,10,17H2,1-2H3. The molecule has 1 saturated carbocycles. The summed E-state index contributed by atoms with van der Waals surface area (Å²) in [6.45, 7) is 4.14. The monoisotopic (exact) mass is 330 g/mol. The van der Waals surface area contributed by atoms with Gasteiger partial charge in [0.1, 0.15) is 0 Å². The SMILES string of the molecule is Cc1cc(Cl)ccc1S(=O)(=O)NC1(CN)CCCCC1C. The maximum Gasteiger partial charge on any atom is 0.241 e. The van der Waals surface area contributed by atoms with Crippen molar-refractivity contribution in [3.05, 3.63) is 28.8 Å². The average Bonchev–Trinajstić information content (AvgIpc) is 2.40. The average molecular weight is 331 g/mol. The summed E-state index contributed by atoms with van der Waals surface area (Å²) in [6, 6.07) is 4.82. The molecule has 0 saturated heterocycles. The number of hydrogen-bond donors (Lipinski definition) is 2. The summed E-state index contributed by atoms with van der Waals surface area (Å²) < 4.78 is 28.4. The van der Waals surface area contributed by atoms with Crippen molar-refractivity contribution in [1.29, 1.82) is 0 Å². The number of hydrogen-bond acceptors (Lipinski definition) is 3. The van der Waals surface area contributed by atoms with Crippen molar-refractivity contribution in [2.75, 3.05) is 6.54 Å². The van der Waals surface area contributed by atoms with Gasteiger partial charge in [0.25, 0.3) is 0 Å². The second kappa shape index (κ2) is 6.24. The molecule has 1 aromatic carbocycles. The Morgan fingerprint density at radius 2 is 2.14 bits per heavy atom. The minimum Gasteiger partial charge on any atom is -0.329 e. The molecule has 1 aliphatic rings. The van der Waals surface area contributed by atoms with E-state index in [-0.39, 0.29) is 10.8 Å². The van der Waals surface area contributed by atoms with Crippen molar-refractivity contribution in [3.63, 3.8) is 0 Å². The zero-order valence-electron chi connectivity index (χ0n) is 12.5. The van der Waals surface area contributed by atoms with Gasteiger partial charge in [-0.3, -0.25) is 0 Å². The molecule has 0 aliphatic heterocycles. The third kappa shape index (κ3) is 3.42. The highest BCUT2D eigenvalue weighted by molar-refractivity contribution is 7.89. The molecule has 0 heterocycles. The van der Waals surface area contributed by atoms with Crippen LogP contribution in [-0.2, 0) is 10.0 Å². The molecule has 1 fully saturated rings. The van der Waals surface area contributed by atoms with Crippen molar-refractivity contribution >= 4 is 21.6 Å². The molecule has 2 atom stereocenters. The fourth-order valence-corrected chi connectivity index (χ4v) is 5.14. The maximum atomic E-state index is 12.7. The molecule has 1 aliphatic carbocycles. The summed E-state index contributed by atoms with van der Waals surface area (Å²) >= 11 is 5.90. The fourth-order valence-electron chi connectivity index (χ4n) is 3.15. The molecule has 6 heteroatoms. The van der Waals surface area contributed by atoms with Crippen molar-refractivity contribution in [1.82, 2.24) is 4.72 Å². The van der Waals surface area contributed by atoms with Crippen molar-refractivity contribution < 1.29 is 8.42 Å². The highest BCUT2D eigenvalue weighted by atomic mass is 35.5. The largest absolute Gasteiger partial charge is 0.329 e. The van der Waals surface area contributed by atoms with Gasteiger partial charge in [-0.05, 0) is 49.4 Å². The van der Waals surface area contributed by atoms with E-state index in [1.54, 1.807) is 25.1 Å². The Balaban J connectivity index is 2.35. The number of sulfonamides is 1. The highest BCUT2D eigenvalue weighted by Crippen LogP contribution is 2.34. The van der Waals surface area contributed by atoms with Gasteiger partial charge < -0.3 is 5.73 Å². The van der Waals surface area contributed by atoms with Crippen LogP contribution in [0.2, 0.25) is 5.02 Å². The molecule has 4 nitrogen and oxygen atoms in total. The Kier molecular flexibility index (Phi) is 4.98. The van der Waals surface area contributed by atoms with Crippen molar-refractivity contribution in [2.24, 2.45) is 11.7 Å². The lowest BCUT2D eigenvalue weighted by atomic mass is 9.74. The lowest BCUT2D eigenvalue weighted by Crippen LogP contribution is -2.59. The van der Waals surface area contributed by atoms with Crippen LogP contribution in [-0.4, -0.2) is 20.5 Å². The van der Waals surface area contributed by atoms with Crippen LogP contribution in [0.1, 0.15) is 38.2 Å². The van der Waals surface area contributed by atoms with E-state index in [1.807, 2.05) is 0 Å². The van der Waals surface area contributed by atoms with Gasteiger partial charge in [0.05, 0.1) is 4.90 Å². The molecule has 2 rings (SSSR count). The van der Waals surface area contributed by atoms with Crippen molar-refractivity contribution in [3.8, 4) is 0 Å². The summed E-state index contributed by atoms with van der Waals surface area (Å²) in [7, 11) is -3.60. The van der Waals surface area contributed by atoms with Crippen molar-refractivity contribution in [2.45, 2.75) is 50.0 Å². The van der Waals surface area contributed by atoms with Gasteiger partial charge in [-0.1, -0.05) is 31.4 Å². The smallest absolute Gasteiger partial charge is 0.241 e. The van der Waals surface area contributed by atoms with Crippen LogP contribution in [0.3, 0.4) is 0 Å². The molecule has 21 heavy (non-hydrogen) atoms. The van der Waals surface area contributed by atoms with E-state index in [2.05, 4.69) is 11.6 Å². The van der Waals surface area contributed by atoms with Gasteiger partial charge in [-0.15, -0.1) is 0 Å². The third-order valence-corrected chi connectivity index (χ3v) is 6.53. The summed E-state index contributed by atoms with van der Waals surface area (Å²) in [5, 5.41) is 0.533. The Labute approximate surface area is 132 Å². The van der Waals surface area contributed by atoms with E-state index in [4.69, 9.17) is 17.3 Å².